The fourth-order valence-corrected chi connectivity index (χ4v) is 1.62. The molecule has 0 saturated carbocycles. The number of nitrogens with two attached hydrogens (primary N) is 1. The van der Waals surface area contributed by atoms with E-state index in [1.807, 2.05) is 18.2 Å². The summed E-state index contributed by atoms with van der Waals surface area (Å²) in [4.78, 5) is 0. The zero-order valence-corrected chi connectivity index (χ0v) is 9.02. The molecule has 1 rings (SSSR count). The molecule has 1 aromatic carbocycles. The molecule has 0 bridgehead atoms. The quantitative estimate of drug-likeness (QED) is 0.593. The largest absolute Gasteiger partial charge is 0.398 e. The predicted octanol–water partition coefficient (Wildman–Crippen LogP) is 0.894. The molecule has 0 saturated heterocycles. The van der Waals surface area contributed by atoms with E-state index in [9.17, 15) is 8.42 Å². The van der Waals surface area contributed by atoms with E-state index in [-0.39, 0.29) is 5.92 Å². The molecule has 0 aliphatic heterocycles. The molecule has 0 spiro atoms. The Morgan fingerprint density at radius 1 is 1.33 bits per heavy atom. The maximum atomic E-state index is 10.4. The molecule has 6 heteroatoms. The molecule has 1 aromatic rings. The summed E-state index contributed by atoms with van der Waals surface area (Å²) in [6.07, 6.45) is -1.10. The molecule has 84 valence electrons. The molecule has 0 heterocycles. The highest BCUT2D eigenvalue weighted by atomic mass is 32.3. The first-order valence-electron chi connectivity index (χ1n) is 4.36. The first-order valence-corrected chi connectivity index (χ1v) is 5.73. The molecule has 0 aliphatic carbocycles. The lowest BCUT2D eigenvalue weighted by atomic mass is 10.0. The predicted molar refractivity (Wildman–Crippen MR) is 55.5 cm³/mol. The maximum Gasteiger partial charge on any atom is 0.398 e. The average molecular weight is 231 g/mol. The molecule has 0 fully saturated rings. The van der Waals surface area contributed by atoms with Crippen LogP contribution in [0.1, 0.15) is 18.4 Å². The number of hydrogen-bond donors (Lipinski definition) is 2. The molecular weight excluding hydrogens is 218 g/mol. The minimum atomic E-state index is -4.50. The Hall–Kier alpha value is -0.950. The highest BCUT2D eigenvalue weighted by Crippen LogP contribution is 2.18. The Bertz CT molecular complexity index is 403. The van der Waals surface area contributed by atoms with Gasteiger partial charge in [-0.1, -0.05) is 37.3 Å². The van der Waals surface area contributed by atoms with Crippen LogP contribution in [0.4, 0.5) is 0 Å². The fourth-order valence-electron chi connectivity index (χ4n) is 1.17. The summed E-state index contributed by atoms with van der Waals surface area (Å²) < 4.78 is 33.6. The highest BCUT2D eigenvalue weighted by Gasteiger charge is 2.20. The van der Waals surface area contributed by atoms with Gasteiger partial charge in [0.05, 0.1) is 0 Å². The fraction of sp³-hybridized carbons (Fsp3) is 0.333. The number of rotatable bonds is 4. The Balaban J connectivity index is 2.73. The zero-order chi connectivity index (χ0) is 11.5. The van der Waals surface area contributed by atoms with E-state index in [4.69, 9.17) is 10.3 Å². The van der Waals surface area contributed by atoms with Gasteiger partial charge in [0.25, 0.3) is 0 Å². The monoisotopic (exact) mass is 231 g/mol. The second kappa shape index (κ2) is 4.71. The molecule has 3 N–H and O–H groups in total. The SMILES string of the molecule is CC(c1ccccc1)C(N)OS(=O)(=O)O. The Morgan fingerprint density at radius 3 is 2.33 bits per heavy atom. The normalized spacial score (nSPS) is 15.9. The van der Waals surface area contributed by atoms with Crippen molar-refractivity contribution in [3.8, 4) is 0 Å². The summed E-state index contributed by atoms with van der Waals surface area (Å²) in [5.41, 5.74) is 6.32. The van der Waals surface area contributed by atoms with Gasteiger partial charge in [-0.3, -0.25) is 4.55 Å². The molecule has 0 radical (unpaired) electrons. The van der Waals surface area contributed by atoms with Crippen LogP contribution >= 0.6 is 0 Å². The van der Waals surface area contributed by atoms with Crippen LogP contribution in [-0.2, 0) is 14.6 Å². The van der Waals surface area contributed by atoms with Gasteiger partial charge in [0.1, 0.15) is 6.23 Å². The van der Waals surface area contributed by atoms with Gasteiger partial charge in [-0.2, -0.15) is 8.42 Å². The average Bonchev–Trinajstić information content (AvgIpc) is 2.15. The standard InChI is InChI=1S/C9H13NO4S/c1-7(8-5-3-2-4-6-8)9(10)14-15(11,12)13/h2-7,9H,10H2,1H3,(H,11,12,13). The lowest BCUT2D eigenvalue weighted by Gasteiger charge is -2.18. The van der Waals surface area contributed by atoms with Gasteiger partial charge in [-0.25, -0.2) is 4.18 Å². The summed E-state index contributed by atoms with van der Waals surface area (Å²) in [5.74, 6) is -0.326. The van der Waals surface area contributed by atoms with Crippen LogP contribution in [0.5, 0.6) is 0 Å². The van der Waals surface area contributed by atoms with E-state index in [1.165, 1.54) is 0 Å². The van der Waals surface area contributed by atoms with Crippen LogP contribution in [0.25, 0.3) is 0 Å². The summed E-state index contributed by atoms with van der Waals surface area (Å²) in [7, 11) is -4.50. The van der Waals surface area contributed by atoms with Crippen LogP contribution in [0, 0.1) is 0 Å². The number of benzene rings is 1. The van der Waals surface area contributed by atoms with Crippen molar-refractivity contribution in [2.45, 2.75) is 19.1 Å². The van der Waals surface area contributed by atoms with Crippen LogP contribution in [0.2, 0.25) is 0 Å². The molecular formula is C9H13NO4S. The third-order valence-corrected chi connectivity index (χ3v) is 2.52. The molecule has 2 unspecified atom stereocenters. The van der Waals surface area contributed by atoms with Gasteiger partial charge in [-0.15, -0.1) is 0 Å². The van der Waals surface area contributed by atoms with Crippen molar-refractivity contribution in [1.82, 2.24) is 0 Å². The highest BCUT2D eigenvalue weighted by molar-refractivity contribution is 7.80. The topological polar surface area (TPSA) is 89.6 Å². The van der Waals surface area contributed by atoms with Crippen molar-refractivity contribution < 1.29 is 17.2 Å². The Kier molecular flexibility index (Phi) is 3.81. The summed E-state index contributed by atoms with van der Waals surface area (Å²) in [6.45, 7) is 1.71. The Morgan fingerprint density at radius 2 is 1.87 bits per heavy atom. The second-order valence-electron chi connectivity index (χ2n) is 3.19. The van der Waals surface area contributed by atoms with Crippen LogP contribution < -0.4 is 5.73 Å². The minimum absolute atomic E-state index is 0.326. The van der Waals surface area contributed by atoms with Crippen molar-refractivity contribution >= 4 is 10.4 Å². The lowest BCUT2D eigenvalue weighted by molar-refractivity contribution is 0.166. The summed E-state index contributed by atoms with van der Waals surface area (Å²) in [6, 6.07) is 9.07. The van der Waals surface area contributed by atoms with Gasteiger partial charge in [0, 0.05) is 5.92 Å². The zero-order valence-electron chi connectivity index (χ0n) is 8.20. The summed E-state index contributed by atoms with van der Waals surface area (Å²) >= 11 is 0. The van der Waals surface area contributed by atoms with E-state index in [2.05, 4.69) is 4.18 Å². The first-order chi connectivity index (χ1) is 6.90. The van der Waals surface area contributed by atoms with E-state index < -0.39 is 16.6 Å². The van der Waals surface area contributed by atoms with Gasteiger partial charge in [0.2, 0.25) is 0 Å². The lowest BCUT2D eigenvalue weighted by Crippen LogP contribution is -2.32. The molecule has 5 nitrogen and oxygen atoms in total. The smallest absolute Gasteiger partial charge is 0.304 e. The molecule has 15 heavy (non-hydrogen) atoms. The molecule has 0 aromatic heterocycles. The second-order valence-corrected chi connectivity index (χ2v) is 4.24. The van der Waals surface area contributed by atoms with Crippen molar-refractivity contribution in [2.75, 3.05) is 0 Å². The van der Waals surface area contributed by atoms with Crippen molar-refractivity contribution in [1.29, 1.82) is 0 Å². The summed E-state index contributed by atoms with van der Waals surface area (Å²) in [5, 5.41) is 0. The van der Waals surface area contributed by atoms with E-state index in [0.29, 0.717) is 0 Å². The third-order valence-electron chi connectivity index (χ3n) is 2.05. The van der Waals surface area contributed by atoms with E-state index in [1.54, 1.807) is 19.1 Å². The minimum Gasteiger partial charge on any atom is -0.304 e. The first kappa shape index (κ1) is 12.1. The van der Waals surface area contributed by atoms with E-state index >= 15 is 0 Å². The molecule has 0 amide bonds. The number of hydrogen-bond acceptors (Lipinski definition) is 4. The van der Waals surface area contributed by atoms with Gasteiger partial charge >= 0.3 is 10.4 Å². The van der Waals surface area contributed by atoms with Crippen LogP contribution in [-0.4, -0.2) is 19.2 Å². The molecule has 0 aliphatic rings. The maximum absolute atomic E-state index is 10.4. The third kappa shape index (κ3) is 3.96. The van der Waals surface area contributed by atoms with Crippen molar-refractivity contribution in [2.24, 2.45) is 5.73 Å². The van der Waals surface area contributed by atoms with Gasteiger partial charge in [0.15, 0.2) is 0 Å². The van der Waals surface area contributed by atoms with Gasteiger partial charge < -0.3 is 5.73 Å². The molecule has 2 atom stereocenters. The van der Waals surface area contributed by atoms with Crippen molar-refractivity contribution in [3.05, 3.63) is 35.9 Å². The van der Waals surface area contributed by atoms with Gasteiger partial charge in [-0.05, 0) is 5.56 Å². The van der Waals surface area contributed by atoms with Crippen LogP contribution in [0.15, 0.2) is 30.3 Å². The Labute approximate surface area is 88.8 Å². The van der Waals surface area contributed by atoms with Crippen molar-refractivity contribution in [3.63, 3.8) is 0 Å². The van der Waals surface area contributed by atoms with Crippen LogP contribution in [0.3, 0.4) is 0 Å². The van der Waals surface area contributed by atoms with E-state index in [0.717, 1.165) is 5.56 Å².